The molecule has 1 heterocycles. The lowest BCUT2D eigenvalue weighted by molar-refractivity contribution is -0.106. The maximum Gasteiger partial charge on any atom is 0.326 e. The van der Waals surface area contributed by atoms with Crippen LogP contribution in [0.15, 0.2) is 23.1 Å². The summed E-state index contributed by atoms with van der Waals surface area (Å²) in [5, 5.41) is 0. The molecule has 0 saturated carbocycles. The zero-order valence-corrected chi connectivity index (χ0v) is 11.9. The highest BCUT2D eigenvalue weighted by Gasteiger charge is 2.38. The van der Waals surface area contributed by atoms with E-state index in [1.807, 2.05) is 0 Å². The van der Waals surface area contributed by atoms with E-state index in [4.69, 9.17) is 0 Å². The smallest absolute Gasteiger partial charge is 0.301 e. The Labute approximate surface area is 111 Å². The van der Waals surface area contributed by atoms with Crippen LogP contribution in [0.4, 0.5) is 11.4 Å². The van der Waals surface area contributed by atoms with E-state index in [0.29, 0.717) is 12.0 Å². The largest absolute Gasteiger partial charge is 0.326 e. The monoisotopic (exact) mass is 304 g/mol. The van der Waals surface area contributed by atoms with Crippen molar-refractivity contribution in [2.24, 2.45) is 0 Å². The molecule has 0 fully saturated rings. The number of aldehydes is 1. The van der Waals surface area contributed by atoms with Crippen LogP contribution < -0.4 is 8.61 Å². The van der Waals surface area contributed by atoms with Crippen LogP contribution in [-0.4, -0.2) is 43.0 Å². The number of hydrogen-bond acceptors (Lipinski definition) is 5. The minimum Gasteiger partial charge on any atom is -0.301 e. The molecule has 9 heteroatoms. The van der Waals surface area contributed by atoms with Gasteiger partial charge in [0, 0.05) is 13.3 Å². The van der Waals surface area contributed by atoms with Crippen molar-refractivity contribution < 1.29 is 21.6 Å². The first-order valence-corrected chi connectivity index (χ1v) is 8.53. The number of carbonyl (C=O) groups excluding carboxylic acids is 1. The van der Waals surface area contributed by atoms with Gasteiger partial charge in [0.25, 0.3) is 0 Å². The highest BCUT2D eigenvalue weighted by Crippen LogP contribution is 2.40. The van der Waals surface area contributed by atoms with Crippen LogP contribution in [-0.2, 0) is 24.8 Å². The van der Waals surface area contributed by atoms with Gasteiger partial charge in [0.1, 0.15) is 6.29 Å². The number of fused-ring (bicyclic) bond motifs is 1. The fourth-order valence-electron chi connectivity index (χ4n) is 1.85. The van der Waals surface area contributed by atoms with E-state index in [1.54, 1.807) is 0 Å². The standard InChI is InChI=1S/C10H12N2O5S2/c1-11-10-7-8(18(2,14)15)3-4-9(10)12(5-6-13)19(11,16)17/h3-4,6-7H,5H2,1-2H3. The molecule has 1 aromatic carbocycles. The minimum absolute atomic E-state index is 0.0289. The summed E-state index contributed by atoms with van der Waals surface area (Å²) < 4.78 is 48.9. The van der Waals surface area contributed by atoms with Crippen molar-refractivity contribution >= 4 is 37.7 Å². The van der Waals surface area contributed by atoms with E-state index in [0.717, 1.165) is 14.9 Å². The van der Waals surface area contributed by atoms with E-state index in [2.05, 4.69) is 0 Å². The third-order valence-electron chi connectivity index (χ3n) is 2.85. The number of rotatable bonds is 3. The van der Waals surface area contributed by atoms with Crippen LogP contribution in [0.1, 0.15) is 0 Å². The van der Waals surface area contributed by atoms with E-state index in [1.165, 1.54) is 25.2 Å². The molecule has 0 bridgehead atoms. The van der Waals surface area contributed by atoms with Gasteiger partial charge in [-0.05, 0) is 18.2 Å². The molecule has 0 amide bonds. The van der Waals surface area contributed by atoms with Crippen LogP contribution in [0, 0.1) is 0 Å². The van der Waals surface area contributed by atoms with Crippen LogP contribution in [0.3, 0.4) is 0 Å². The first-order chi connectivity index (χ1) is 8.69. The van der Waals surface area contributed by atoms with Crippen molar-refractivity contribution in [2.45, 2.75) is 4.90 Å². The van der Waals surface area contributed by atoms with Crippen LogP contribution >= 0.6 is 0 Å². The van der Waals surface area contributed by atoms with Gasteiger partial charge in [-0.3, -0.25) is 4.31 Å². The van der Waals surface area contributed by atoms with Crippen molar-refractivity contribution in [1.29, 1.82) is 0 Å². The maximum absolute atomic E-state index is 12.0. The topological polar surface area (TPSA) is 91.8 Å². The molecular formula is C10H12N2O5S2. The summed E-state index contributed by atoms with van der Waals surface area (Å²) in [5.41, 5.74) is 0.534. The summed E-state index contributed by atoms with van der Waals surface area (Å²) in [4.78, 5) is 10.6. The first kappa shape index (κ1) is 13.8. The third-order valence-corrected chi connectivity index (χ3v) is 5.75. The fourth-order valence-corrected chi connectivity index (χ4v) is 3.84. The molecular weight excluding hydrogens is 292 g/mol. The summed E-state index contributed by atoms with van der Waals surface area (Å²) in [6.45, 7) is -0.308. The van der Waals surface area contributed by atoms with Crippen molar-refractivity contribution in [3.05, 3.63) is 18.2 Å². The van der Waals surface area contributed by atoms with Crippen molar-refractivity contribution in [1.82, 2.24) is 0 Å². The number of carbonyl (C=O) groups is 1. The molecule has 0 aromatic heterocycles. The Kier molecular flexibility index (Phi) is 3.06. The number of sulfone groups is 1. The second kappa shape index (κ2) is 4.20. The molecule has 19 heavy (non-hydrogen) atoms. The normalized spacial score (nSPS) is 17.4. The molecule has 1 aromatic rings. The molecule has 0 atom stereocenters. The number of anilines is 2. The summed E-state index contributed by atoms with van der Waals surface area (Å²) >= 11 is 0. The predicted molar refractivity (Wildman–Crippen MR) is 70.3 cm³/mol. The molecule has 0 saturated heterocycles. The van der Waals surface area contributed by atoms with Crippen molar-refractivity contribution in [2.75, 3.05) is 28.5 Å². The third kappa shape index (κ3) is 2.08. The molecule has 0 N–H and O–H groups in total. The molecule has 0 spiro atoms. The summed E-state index contributed by atoms with van der Waals surface area (Å²) in [6, 6.07) is 3.99. The van der Waals surface area contributed by atoms with Gasteiger partial charge in [0.2, 0.25) is 0 Å². The molecule has 7 nitrogen and oxygen atoms in total. The molecule has 1 aliphatic rings. The zero-order valence-electron chi connectivity index (χ0n) is 10.3. The highest BCUT2D eigenvalue weighted by molar-refractivity contribution is 7.94. The van der Waals surface area contributed by atoms with Gasteiger partial charge in [-0.2, -0.15) is 8.42 Å². The Hall–Kier alpha value is -1.61. The van der Waals surface area contributed by atoms with Gasteiger partial charge in [0.05, 0.1) is 22.8 Å². The second-order valence-electron chi connectivity index (χ2n) is 4.10. The zero-order chi connectivity index (χ0) is 14.4. The lowest BCUT2D eigenvalue weighted by Gasteiger charge is -2.15. The Bertz CT molecular complexity index is 739. The van der Waals surface area contributed by atoms with Gasteiger partial charge in [-0.1, -0.05) is 0 Å². The van der Waals surface area contributed by atoms with Gasteiger partial charge < -0.3 is 4.79 Å². The Balaban J connectivity index is 2.67. The summed E-state index contributed by atoms with van der Waals surface area (Å²) in [6.07, 6.45) is 1.52. The van der Waals surface area contributed by atoms with Gasteiger partial charge in [-0.25, -0.2) is 12.7 Å². The Morgan fingerprint density at radius 2 is 1.89 bits per heavy atom. The molecule has 0 radical (unpaired) electrons. The minimum atomic E-state index is -3.81. The predicted octanol–water partition coefficient (Wildman–Crippen LogP) is -0.210. The number of benzene rings is 1. The van der Waals surface area contributed by atoms with Crippen molar-refractivity contribution in [3.8, 4) is 0 Å². The molecule has 1 aliphatic heterocycles. The van der Waals surface area contributed by atoms with Gasteiger partial charge >= 0.3 is 10.2 Å². The van der Waals surface area contributed by atoms with E-state index < -0.39 is 20.0 Å². The first-order valence-electron chi connectivity index (χ1n) is 5.24. The Morgan fingerprint density at radius 3 is 2.42 bits per heavy atom. The molecule has 0 unspecified atom stereocenters. The average molecular weight is 304 g/mol. The maximum atomic E-state index is 12.0. The molecule has 104 valence electrons. The van der Waals surface area contributed by atoms with Gasteiger partial charge in [0.15, 0.2) is 9.84 Å². The molecule has 0 aliphatic carbocycles. The summed E-state index contributed by atoms with van der Waals surface area (Å²) in [7, 11) is -5.92. The SMILES string of the molecule is CN1c2cc(S(C)(=O)=O)ccc2N(CC=O)S1(=O)=O. The number of hydrogen-bond donors (Lipinski definition) is 0. The van der Waals surface area contributed by atoms with E-state index >= 15 is 0 Å². The van der Waals surface area contributed by atoms with Crippen molar-refractivity contribution in [3.63, 3.8) is 0 Å². The highest BCUT2D eigenvalue weighted by atomic mass is 32.2. The lowest BCUT2D eigenvalue weighted by atomic mass is 10.2. The van der Waals surface area contributed by atoms with Crippen LogP contribution in [0.2, 0.25) is 0 Å². The molecule has 2 rings (SSSR count). The van der Waals surface area contributed by atoms with E-state index in [9.17, 15) is 21.6 Å². The summed E-state index contributed by atoms with van der Waals surface area (Å²) in [5.74, 6) is 0. The van der Waals surface area contributed by atoms with E-state index in [-0.39, 0.29) is 17.1 Å². The van der Waals surface area contributed by atoms with Gasteiger partial charge in [-0.15, -0.1) is 0 Å². The Morgan fingerprint density at radius 1 is 1.26 bits per heavy atom. The van der Waals surface area contributed by atoms with Crippen LogP contribution in [0.25, 0.3) is 0 Å². The van der Waals surface area contributed by atoms with Crippen LogP contribution in [0.5, 0.6) is 0 Å². The number of nitrogens with zero attached hydrogens (tertiary/aromatic N) is 2. The lowest BCUT2D eigenvalue weighted by Crippen LogP contribution is -2.36. The average Bonchev–Trinajstić information content (AvgIpc) is 2.50. The fraction of sp³-hybridized carbons (Fsp3) is 0.300. The second-order valence-corrected chi connectivity index (χ2v) is 8.00. The quantitative estimate of drug-likeness (QED) is 0.721.